The molecule has 0 N–H and O–H groups in total. The van der Waals surface area contributed by atoms with E-state index in [1.54, 1.807) is 0 Å². The Kier molecular flexibility index (Phi) is 6.53. The van der Waals surface area contributed by atoms with Crippen molar-refractivity contribution in [1.29, 1.82) is 0 Å². The van der Waals surface area contributed by atoms with Gasteiger partial charge in [0, 0.05) is 27.5 Å². The van der Waals surface area contributed by atoms with E-state index in [-0.39, 0.29) is 0 Å². The number of rotatable bonds is 5. The van der Waals surface area contributed by atoms with Gasteiger partial charge in [0.25, 0.3) is 0 Å². The molecule has 2 nitrogen and oxygen atoms in total. The number of fused-ring (bicyclic) bond motifs is 6. The second kappa shape index (κ2) is 11.5. The molecule has 1 aromatic heterocycles. The largest absolute Gasteiger partial charge is 0.456 e. The van der Waals surface area contributed by atoms with Crippen LogP contribution >= 0.6 is 0 Å². The fourth-order valence-corrected chi connectivity index (χ4v) is 7.47. The van der Waals surface area contributed by atoms with Crippen LogP contribution in [0.25, 0.3) is 76.5 Å². The average Bonchev–Trinajstić information content (AvgIpc) is 3.56. The van der Waals surface area contributed by atoms with Crippen LogP contribution in [0.15, 0.2) is 192 Å². The molecule has 1 heterocycles. The van der Waals surface area contributed by atoms with Crippen LogP contribution in [0.1, 0.15) is 0 Å². The normalized spacial score (nSPS) is 11.6. The molecule has 0 aliphatic carbocycles. The van der Waals surface area contributed by atoms with Crippen molar-refractivity contribution >= 4 is 71.3 Å². The Balaban J connectivity index is 1.07. The van der Waals surface area contributed by atoms with Crippen LogP contribution in [0.4, 0.5) is 17.1 Å². The minimum atomic E-state index is 0.893. The van der Waals surface area contributed by atoms with Crippen LogP contribution in [0.2, 0.25) is 0 Å². The Morgan fingerprint density at radius 2 is 0.840 bits per heavy atom. The summed E-state index contributed by atoms with van der Waals surface area (Å²) in [5, 5.41) is 9.54. The Labute approximate surface area is 290 Å². The third kappa shape index (κ3) is 4.81. The second-order valence-corrected chi connectivity index (χ2v) is 13.0. The van der Waals surface area contributed by atoms with Crippen molar-refractivity contribution in [3.8, 4) is 22.3 Å². The number of benzene rings is 9. The molecule has 9 aromatic carbocycles. The van der Waals surface area contributed by atoms with Crippen LogP contribution in [0.5, 0.6) is 0 Å². The molecule has 50 heavy (non-hydrogen) atoms. The molecule has 0 aliphatic heterocycles. The van der Waals surface area contributed by atoms with Gasteiger partial charge in [-0.2, -0.15) is 0 Å². The zero-order valence-corrected chi connectivity index (χ0v) is 27.3. The summed E-state index contributed by atoms with van der Waals surface area (Å²) >= 11 is 0. The Morgan fingerprint density at radius 1 is 0.300 bits per heavy atom. The molecular weight excluding hydrogens is 607 g/mol. The Morgan fingerprint density at radius 3 is 1.60 bits per heavy atom. The zero-order valence-electron chi connectivity index (χ0n) is 27.3. The predicted octanol–water partition coefficient (Wildman–Crippen LogP) is 13.8. The summed E-state index contributed by atoms with van der Waals surface area (Å²) in [7, 11) is 0. The van der Waals surface area contributed by atoms with Crippen LogP contribution in [-0.4, -0.2) is 0 Å². The summed E-state index contributed by atoms with van der Waals surface area (Å²) < 4.78 is 6.20. The number of anilines is 3. The molecule has 10 rings (SSSR count). The monoisotopic (exact) mass is 637 g/mol. The van der Waals surface area contributed by atoms with Gasteiger partial charge in [-0.15, -0.1) is 0 Å². The fraction of sp³-hybridized carbons (Fsp3) is 0. The van der Waals surface area contributed by atoms with Crippen LogP contribution in [-0.2, 0) is 0 Å². The highest BCUT2D eigenvalue weighted by molar-refractivity contribution is 6.08. The summed E-state index contributed by atoms with van der Waals surface area (Å²) in [6.45, 7) is 0. The lowest BCUT2D eigenvalue weighted by Crippen LogP contribution is -2.10. The van der Waals surface area contributed by atoms with Crippen molar-refractivity contribution in [3.63, 3.8) is 0 Å². The van der Waals surface area contributed by atoms with Gasteiger partial charge in [-0.25, -0.2) is 0 Å². The van der Waals surface area contributed by atoms with E-state index in [2.05, 4.69) is 181 Å². The number of para-hydroxylation sites is 1. The van der Waals surface area contributed by atoms with Gasteiger partial charge in [-0.3, -0.25) is 0 Å². The fourth-order valence-electron chi connectivity index (χ4n) is 7.47. The topological polar surface area (TPSA) is 16.4 Å². The van der Waals surface area contributed by atoms with Crippen LogP contribution in [0, 0.1) is 0 Å². The van der Waals surface area contributed by atoms with Crippen molar-refractivity contribution in [1.82, 2.24) is 0 Å². The van der Waals surface area contributed by atoms with E-state index in [1.165, 1.54) is 54.6 Å². The van der Waals surface area contributed by atoms with Gasteiger partial charge < -0.3 is 9.32 Å². The highest BCUT2D eigenvalue weighted by atomic mass is 16.3. The molecule has 0 spiro atoms. The lowest BCUT2D eigenvalue weighted by molar-refractivity contribution is 0.669. The van der Waals surface area contributed by atoms with E-state index < -0.39 is 0 Å². The van der Waals surface area contributed by atoms with Crippen LogP contribution in [0.3, 0.4) is 0 Å². The van der Waals surface area contributed by atoms with Crippen molar-refractivity contribution in [2.24, 2.45) is 0 Å². The van der Waals surface area contributed by atoms with E-state index in [4.69, 9.17) is 4.42 Å². The molecule has 0 radical (unpaired) electrons. The molecule has 0 atom stereocenters. The first-order chi connectivity index (χ1) is 24.7. The molecular formula is C48H31NO. The molecule has 0 bridgehead atoms. The maximum absolute atomic E-state index is 6.20. The smallest absolute Gasteiger partial charge is 0.135 e. The number of hydrogen-bond acceptors (Lipinski definition) is 2. The van der Waals surface area contributed by atoms with Gasteiger partial charge in [0.2, 0.25) is 0 Å². The summed E-state index contributed by atoms with van der Waals surface area (Å²) in [6.07, 6.45) is 0. The Hall–Kier alpha value is -6.64. The highest BCUT2D eigenvalue weighted by Gasteiger charge is 2.18. The van der Waals surface area contributed by atoms with Crippen LogP contribution < -0.4 is 4.90 Å². The first-order valence-corrected chi connectivity index (χ1v) is 17.1. The standard InChI is InChI=1S/C48H31NO/c1-2-9-32(10-3-1)34-17-18-36-28-37(20-19-35(36)27-34)38-21-22-40-30-41(24-23-39(40)29-38)49(46-15-8-12-33-11-4-5-13-43(33)46)42-25-26-48-45(31-42)44-14-6-7-16-47(44)50-48/h1-31H. The molecule has 0 fully saturated rings. The van der Waals surface area contributed by atoms with Gasteiger partial charge in [0.15, 0.2) is 0 Å². The molecule has 2 heteroatoms. The molecule has 0 unspecified atom stereocenters. The minimum absolute atomic E-state index is 0.893. The predicted molar refractivity (Wildman–Crippen MR) is 212 cm³/mol. The summed E-state index contributed by atoms with van der Waals surface area (Å²) in [6, 6.07) is 67.7. The lowest BCUT2D eigenvalue weighted by Gasteiger charge is -2.27. The van der Waals surface area contributed by atoms with E-state index in [0.29, 0.717) is 0 Å². The van der Waals surface area contributed by atoms with Gasteiger partial charge in [0.05, 0.1) is 5.69 Å². The minimum Gasteiger partial charge on any atom is -0.456 e. The Bertz CT molecular complexity index is 2880. The average molecular weight is 638 g/mol. The number of nitrogens with zero attached hydrogens (tertiary/aromatic N) is 1. The summed E-state index contributed by atoms with van der Waals surface area (Å²) in [5.74, 6) is 0. The first-order valence-electron chi connectivity index (χ1n) is 17.1. The van der Waals surface area contributed by atoms with E-state index >= 15 is 0 Å². The van der Waals surface area contributed by atoms with Gasteiger partial charge in [0.1, 0.15) is 11.2 Å². The van der Waals surface area contributed by atoms with E-state index in [0.717, 1.165) is 39.0 Å². The third-order valence-corrected chi connectivity index (χ3v) is 9.99. The van der Waals surface area contributed by atoms with E-state index in [1.807, 2.05) is 12.1 Å². The quantitative estimate of drug-likeness (QED) is 0.187. The van der Waals surface area contributed by atoms with Crippen molar-refractivity contribution in [3.05, 3.63) is 188 Å². The zero-order chi connectivity index (χ0) is 33.0. The number of furan rings is 1. The second-order valence-electron chi connectivity index (χ2n) is 13.0. The van der Waals surface area contributed by atoms with Gasteiger partial charge in [-0.1, -0.05) is 127 Å². The molecule has 234 valence electrons. The van der Waals surface area contributed by atoms with Crippen molar-refractivity contribution in [2.45, 2.75) is 0 Å². The maximum atomic E-state index is 6.20. The number of hydrogen-bond donors (Lipinski definition) is 0. The summed E-state index contributed by atoms with van der Waals surface area (Å²) in [4.78, 5) is 2.38. The summed E-state index contributed by atoms with van der Waals surface area (Å²) in [5.41, 5.74) is 10.0. The lowest BCUT2D eigenvalue weighted by atomic mass is 9.96. The molecule has 0 saturated heterocycles. The molecule has 0 saturated carbocycles. The van der Waals surface area contributed by atoms with E-state index in [9.17, 15) is 0 Å². The molecule has 10 aromatic rings. The third-order valence-electron chi connectivity index (χ3n) is 9.99. The van der Waals surface area contributed by atoms with Crippen molar-refractivity contribution in [2.75, 3.05) is 4.90 Å². The highest BCUT2D eigenvalue weighted by Crippen LogP contribution is 2.42. The SMILES string of the molecule is c1ccc(-c2ccc3cc(-c4ccc5cc(N(c6ccc7oc8ccccc8c7c6)c6cccc7ccccc67)ccc5c4)ccc3c2)cc1. The van der Waals surface area contributed by atoms with Gasteiger partial charge >= 0.3 is 0 Å². The first kappa shape index (κ1) is 28.4. The van der Waals surface area contributed by atoms with Crippen molar-refractivity contribution < 1.29 is 4.42 Å². The van der Waals surface area contributed by atoms with Gasteiger partial charge in [-0.05, 0) is 110 Å². The molecule has 0 aliphatic rings. The maximum Gasteiger partial charge on any atom is 0.135 e. The molecule has 0 amide bonds.